The first kappa shape index (κ1) is 15.4. The monoisotopic (exact) mass is 322 g/mol. The number of nitro benzene ring substituents is 1. The number of rotatable bonds is 5. The van der Waals surface area contributed by atoms with Crippen molar-refractivity contribution in [3.05, 3.63) is 88.2 Å². The third-order valence-electron chi connectivity index (χ3n) is 3.48. The van der Waals surface area contributed by atoms with Crippen molar-refractivity contribution in [2.45, 2.75) is 6.54 Å². The molecule has 0 aliphatic rings. The van der Waals surface area contributed by atoms with E-state index in [0.29, 0.717) is 6.54 Å². The smallest absolute Gasteiger partial charge is 0.270 e. The van der Waals surface area contributed by atoms with Crippen LogP contribution in [0.5, 0.6) is 0 Å². The Balaban J connectivity index is 1.64. The Labute approximate surface area is 137 Å². The highest BCUT2D eigenvalue weighted by Gasteiger charge is 2.11. The van der Waals surface area contributed by atoms with Gasteiger partial charge in [0.05, 0.1) is 10.6 Å². The van der Waals surface area contributed by atoms with E-state index in [2.05, 4.69) is 10.4 Å². The normalized spacial score (nSPS) is 10.3. The second kappa shape index (κ2) is 6.74. The van der Waals surface area contributed by atoms with Crippen LogP contribution in [0.25, 0.3) is 5.69 Å². The van der Waals surface area contributed by atoms with Crippen LogP contribution in [0.15, 0.2) is 67.0 Å². The molecule has 0 atom stereocenters. The average molecular weight is 322 g/mol. The summed E-state index contributed by atoms with van der Waals surface area (Å²) in [5.41, 5.74) is 2.00. The van der Waals surface area contributed by atoms with Crippen molar-refractivity contribution in [2.24, 2.45) is 0 Å². The van der Waals surface area contributed by atoms with Gasteiger partial charge in [-0.25, -0.2) is 4.68 Å². The molecule has 0 fully saturated rings. The van der Waals surface area contributed by atoms with E-state index >= 15 is 0 Å². The maximum Gasteiger partial charge on any atom is 0.270 e. The fraction of sp³-hybridized carbons (Fsp3) is 0.0588. The number of non-ortho nitro benzene ring substituents is 1. The Morgan fingerprint density at radius 3 is 2.62 bits per heavy atom. The van der Waals surface area contributed by atoms with Crippen LogP contribution in [0.1, 0.15) is 15.9 Å². The standard InChI is InChI=1S/C17H14N4O3/c22-17(14-3-1-4-16(11-14)21(23)24)18-12-13-5-7-15(8-6-13)20-10-2-9-19-20/h1-11H,12H2,(H,18,22). The molecule has 1 N–H and O–H groups in total. The minimum atomic E-state index is -0.523. The molecule has 0 radical (unpaired) electrons. The molecule has 1 heterocycles. The third-order valence-corrected chi connectivity index (χ3v) is 3.48. The molecule has 0 spiro atoms. The molecule has 3 aromatic rings. The van der Waals surface area contributed by atoms with E-state index in [9.17, 15) is 14.9 Å². The summed E-state index contributed by atoms with van der Waals surface area (Å²) in [6.45, 7) is 0.334. The molecule has 1 aromatic heterocycles. The van der Waals surface area contributed by atoms with Gasteiger partial charge < -0.3 is 5.32 Å². The fourth-order valence-corrected chi connectivity index (χ4v) is 2.23. The van der Waals surface area contributed by atoms with Gasteiger partial charge in [-0.15, -0.1) is 0 Å². The van der Waals surface area contributed by atoms with Crippen molar-refractivity contribution in [3.63, 3.8) is 0 Å². The minimum Gasteiger partial charge on any atom is -0.348 e. The first-order chi connectivity index (χ1) is 11.6. The van der Waals surface area contributed by atoms with E-state index in [1.165, 1.54) is 18.2 Å². The van der Waals surface area contributed by atoms with Crippen LogP contribution >= 0.6 is 0 Å². The Kier molecular flexibility index (Phi) is 4.33. The molecule has 0 unspecified atom stereocenters. The number of amides is 1. The minimum absolute atomic E-state index is 0.105. The lowest BCUT2D eigenvalue weighted by Crippen LogP contribution is -2.22. The Morgan fingerprint density at radius 1 is 1.17 bits per heavy atom. The lowest BCUT2D eigenvalue weighted by Gasteiger charge is -2.07. The zero-order chi connectivity index (χ0) is 16.9. The molecule has 2 aromatic carbocycles. The molecule has 3 rings (SSSR count). The summed E-state index contributed by atoms with van der Waals surface area (Å²) < 4.78 is 1.74. The number of nitrogens with zero attached hydrogens (tertiary/aromatic N) is 3. The lowest BCUT2D eigenvalue weighted by atomic mass is 10.1. The summed E-state index contributed by atoms with van der Waals surface area (Å²) in [6.07, 6.45) is 3.55. The molecule has 120 valence electrons. The summed E-state index contributed by atoms with van der Waals surface area (Å²) in [5, 5.41) is 17.6. The van der Waals surface area contributed by atoms with E-state index in [4.69, 9.17) is 0 Å². The second-order valence-corrected chi connectivity index (χ2v) is 5.11. The predicted molar refractivity (Wildman–Crippen MR) is 87.8 cm³/mol. The molecule has 0 aliphatic carbocycles. The molecule has 0 saturated heterocycles. The molecule has 7 heteroatoms. The molecule has 7 nitrogen and oxygen atoms in total. The number of carbonyl (C=O) groups excluding carboxylic acids is 1. The summed E-state index contributed by atoms with van der Waals surface area (Å²) in [7, 11) is 0. The first-order valence-electron chi connectivity index (χ1n) is 7.25. The van der Waals surface area contributed by atoms with E-state index in [-0.39, 0.29) is 17.2 Å². The number of hydrogen-bond acceptors (Lipinski definition) is 4. The van der Waals surface area contributed by atoms with Gasteiger partial charge >= 0.3 is 0 Å². The fourth-order valence-electron chi connectivity index (χ4n) is 2.23. The maximum absolute atomic E-state index is 12.1. The lowest BCUT2D eigenvalue weighted by molar-refractivity contribution is -0.384. The molecule has 0 saturated carbocycles. The SMILES string of the molecule is O=C(NCc1ccc(-n2cccn2)cc1)c1cccc([N+](=O)[O-])c1. The van der Waals surface area contributed by atoms with Crippen LogP contribution in [-0.2, 0) is 6.54 Å². The van der Waals surface area contributed by atoms with Crippen molar-refractivity contribution in [2.75, 3.05) is 0 Å². The molecule has 1 amide bonds. The summed E-state index contributed by atoms with van der Waals surface area (Å²) in [5.74, 6) is -0.352. The van der Waals surface area contributed by atoms with Crippen LogP contribution in [-0.4, -0.2) is 20.6 Å². The van der Waals surface area contributed by atoms with Crippen molar-refractivity contribution < 1.29 is 9.72 Å². The molecule has 24 heavy (non-hydrogen) atoms. The molecular weight excluding hydrogens is 308 g/mol. The second-order valence-electron chi connectivity index (χ2n) is 5.11. The van der Waals surface area contributed by atoms with Crippen molar-refractivity contribution >= 4 is 11.6 Å². The van der Waals surface area contributed by atoms with Gasteiger partial charge in [-0.2, -0.15) is 5.10 Å². The summed E-state index contributed by atoms with van der Waals surface area (Å²) in [4.78, 5) is 22.3. The largest absolute Gasteiger partial charge is 0.348 e. The van der Waals surface area contributed by atoms with E-state index < -0.39 is 4.92 Å². The van der Waals surface area contributed by atoms with Gasteiger partial charge in [0.2, 0.25) is 0 Å². The third kappa shape index (κ3) is 3.46. The van der Waals surface area contributed by atoms with Crippen LogP contribution < -0.4 is 5.32 Å². The zero-order valence-corrected chi connectivity index (χ0v) is 12.6. The van der Waals surface area contributed by atoms with Crippen molar-refractivity contribution in [1.82, 2.24) is 15.1 Å². The molecule has 0 aliphatic heterocycles. The van der Waals surface area contributed by atoms with Crippen LogP contribution in [0, 0.1) is 10.1 Å². The Bertz CT molecular complexity index is 858. The summed E-state index contributed by atoms with van der Waals surface area (Å²) in [6, 6.07) is 15.1. The summed E-state index contributed by atoms with van der Waals surface area (Å²) >= 11 is 0. The number of carbonyl (C=O) groups is 1. The maximum atomic E-state index is 12.1. The zero-order valence-electron chi connectivity index (χ0n) is 12.6. The molecular formula is C17H14N4O3. The number of hydrogen-bond donors (Lipinski definition) is 1. The van der Waals surface area contributed by atoms with Gasteiger partial charge in [-0.05, 0) is 29.8 Å². The van der Waals surface area contributed by atoms with E-state index in [1.807, 2.05) is 36.5 Å². The van der Waals surface area contributed by atoms with Crippen LogP contribution in [0.3, 0.4) is 0 Å². The topological polar surface area (TPSA) is 90.1 Å². The number of benzene rings is 2. The Morgan fingerprint density at radius 2 is 1.96 bits per heavy atom. The van der Waals surface area contributed by atoms with Crippen LogP contribution in [0.4, 0.5) is 5.69 Å². The Hall–Kier alpha value is -3.48. The van der Waals surface area contributed by atoms with E-state index in [1.54, 1.807) is 16.9 Å². The van der Waals surface area contributed by atoms with Gasteiger partial charge in [-0.3, -0.25) is 14.9 Å². The van der Waals surface area contributed by atoms with Crippen molar-refractivity contribution in [3.8, 4) is 5.69 Å². The highest BCUT2D eigenvalue weighted by molar-refractivity contribution is 5.94. The van der Waals surface area contributed by atoms with Crippen LogP contribution in [0.2, 0.25) is 0 Å². The quantitative estimate of drug-likeness (QED) is 0.577. The first-order valence-corrected chi connectivity index (χ1v) is 7.25. The number of nitro groups is 1. The number of aromatic nitrogens is 2. The van der Waals surface area contributed by atoms with Gasteiger partial charge in [0.15, 0.2) is 0 Å². The van der Waals surface area contributed by atoms with Gasteiger partial charge in [0, 0.05) is 36.6 Å². The average Bonchev–Trinajstić information content (AvgIpc) is 3.15. The highest BCUT2D eigenvalue weighted by atomic mass is 16.6. The van der Waals surface area contributed by atoms with Gasteiger partial charge in [0.25, 0.3) is 11.6 Å². The van der Waals surface area contributed by atoms with Crippen molar-refractivity contribution in [1.29, 1.82) is 0 Å². The highest BCUT2D eigenvalue weighted by Crippen LogP contribution is 2.13. The van der Waals surface area contributed by atoms with Gasteiger partial charge in [0.1, 0.15) is 0 Å². The van der Waals surface area contributed by atoms with Gasteiger partial charge in [-0.1, -0.05) is 18.2 Å². The molecule has 0 bridgehead atoms. The predicted octanol–water partition coefficient (Wildman–Crippen LogP) is 2.71. The van der Waals surface area contributed by atoms with E-state index in [0.717, 1.165) is 11.3 Å². The number of nitrogens with one attached hydrogen (secondary N) is 1.